The van der Waals surface area contributed by atoms with Gasteiger partial charge in [0, 0.05) is 0 Å². The Kier molecular flexibility index (Phi) is 2.40. The zero-order valence-electron chi connectivity index (χ0n) is 5.75. The second-order valence-electron chi connectivity index (χ2n) is 2.21. The molecule has 1 aliphatic carbocycles. The molecule has 2 heteroatoms. The molecule has 0 N–H and O–H groups in total. The first-order valence-corrected chi connectivity index (χ1v) is 3.13. The highest BCUT2D eigenvalue weighted by Crippen LogP contribution is 2.06. The largest absolute Gasteiger partial charge is 0.182 e. The third kappa shape index (κ3) is 1.81. The van der Waals surface area contributed by atoms with Crippen LogP contribution in [0.5, 0.6) is 0 Å². The molecule has 1 atom stereocenters. The van der Waals surface area contributed by atoms with Gasteiger partial charge in [-0.1, -0.05) is 23.8 Å². The maximum atomic E-state index is 11.6. The van der Waals surface area contributed by atoms with Crippen LogP contribution in [0.25, 0.3) is 0 Å². The SMILES string of the molecule is CC1=CC=CC(OF)C=C1. The van der Waals surface area contributed by atoms with E-state index in [1.54, 1.807) is 18.2 Å². The second-order valence-corrected chi connectivity index (χ2v) is 2.21. The molecule has 0 saturated heterocycles. The van der Waals surface area contributed by atoms with Crippen LogP contribution >= 0.6 is 0 Å². The highest BCUT2D eigenvalue weighted by atomic mass is 19.3. The minimum absolute atomic E-state index is 0.520. The van der Waals surface area contributed by atoms with Crippen molar-refractivity contribution in [1.29, 1.82) is 0 Å². The zero-order chi connectivity index (χ0) is 7.40. The third-order valence-corrected chi connectivity index (χ3v) is 1.31. The molecule has 0 amide bonds. The number of rotatable bonds is 1. The van der Waals surface area contributed by atoms with Crippen molar-refractivity contribution in [3.8, 4) is 0 Å². The minimum atomic E-state index is -0.520. The summed E-state index contributed by atoms with van der Waals surface area (Å²) in [4.78, 5) is 3.61. The maximum absolute atomic E-state index is 11.6. The molecule has 0 aromatic heterocycles. The first-order valence-electron chi connectivity index (χ1n) is 3.13. The summed E-state index contributed by atoms with van der Waals surface area (Å²) in [6, 6.07) is 0. The Balaban J connectivity index is 2.68. The number of hydrogen-bond acceptors (Lipinski definition) is 1. The summed E-state index contributed by atoms with van der Waals surface area (Å²) in [5.74, 6) is 0. The summed E-state index contributed by atoms with van der Waals surface area (Å²) in [6.45, 7) is 1.95. The van der Waals surface area contributed by atoms with Gasteiger partial charge in [-0.05, 0) is 23.6 Å². The summed E-state index contributed by atoms with van der Waals surface area (Å²) >= 11 is 0. The van der Waals surface area contributed by atoms with Gasteiger partial charge in [0.1, 0.15) is 6.10 Å². The van der Waals surface area contributed by atoms with Gasteiger partial charge in [0.2, 0.25) is 0 Å². The van der Waals surface area contributed by atoms with Crippen LogP contribution in [-0.4, -0.2) is 6.10 Å². The molecular weight excluding hydrogens is 131 g/mol. The molecule has 0 aromatic rings. The fraction of sp³-hybridized carbons (Fsp3) is 0.250. The normalized spacial score (nSPS) is 24.2. The van der Waals surface area contributed by atoms with Gasteiger partial charge in [0.05, 0.1) is 0 Å². The molecular formula is C8H9FO. The summed E-state index contributed by atoms with van der Waals surface area (Å²) in [5.41, 5.74) is 1.09. The molecule has 1 aliphatic rings. The topological polar surface area (TPSA) is 9.23 Å². The van der Waals surface area contributed by atoms with Gasteiger partial charge in [0.15, 0.2) is 0 Å². The lowest BCUT2D eigenvalue weighted by molar-refractivity contribution is -0.145. The molecule has 1 nitrogen and oxygen atoms in total. The van der Waals surface area contributed by atoms with Gasteiger partial charge in [-0.3, -0.25) is 0 Å². The molecule has 0 aromatic carbocycles. The molecule has 0 bridgehead atoms. The van der Waals surface area contributed by atoms with Gasteiger partial charge in [-0.2, -0.15) is 4.94 Å². The van der Waals surface area contributed by atoms with Crippen LogP contribution in [0, 0.1) is 0 Å². The first-order chi connectivity index (χ1) is 4.83. The van der Waals surface area contributed by atoms with Crippen molar-refractivity contribution in [2.45, 2.75) is 13.0 Å². The van der Waals surface area contributed by atoms with Crippen LogP contribution in [0.15, 0.2) is 36.0 Å². The van der Waals surface area contributed by atoms with Crippen LogP contribution in [0.4, 0.5) is 4.53 Å². The third-order valence-electron chi connectivity index (χ3n) is 1.31. The lowest BCUT2D eigenvalue weighted by Crippen LogP contribution is -1.97. The van der Waals surface area contributed by atoms with Crippen LogP contribution in [0.3, 0.4) is 0 Å². The Morgan fingerprint density at radius 3 is 3.00 bits per heavy atom. The van der Waals surface area contributed by atoms with Crippen molar-refractivity contribution in [3.05, 3.63) is 36.0 Å². The van der Waals surface area contributed by atoms with E-state index in [0.29, 0.717) is 0 Å². The van der Waals surface area contributed by atoms with E-state index in [9.17, 15) is 4.53 Å². The quantitative estimate of drug-likeness (QED) is 0.543. The zero-order valence-corrected chi connectivity index (χ0v) is 5.75. The molecule has 0 spiro atoms. The van der Waals surface area contributed by atoms with Crippen molar-refractivity contribution in [2.24, 2.45) is 0 Å². The Hall–Kier alpha value is -0.890. The maximum Gasteiger partial charge on any atom is 0.135 e. The molecule has 54 valence electrons. The van der Waals surface area contributed by atoms with Gasteiger partial charge in [0.25, 0.3) is 0 Å². The molecule has 1 rings (SSSR count). The molecule has 0 aliphatic heterocycles. The van der Waals surface area contributed by atoms with Crippen molar-refractivity contribution in [3.63, 3.8) is 0 Å². The van der Waals surface area contributed by atoms with Crippen molar-refractivity contribution in [1.82, 2.24) is 0 Å². The summed E-state index contributed by atoms with van der Waals surface area (Å²) in [6.07, 6.45) is 8.29. The van der Waals surface area contributed by atoms with E-state index in [1.165, 1.54) is 0 Å². The lowest BCUT2D eigenvalue weighted by atomic mass is 10.3. The highest BCUT2D eigenvalue weighted by Gasteiger charge is 2.00. The van der Waals surface area contributed by atoms with E-state index in [0.717, 1.165) is 5.57 Å². The van der Waals surface area contributed by atoms with Gasteiger partial charge < -0.3 is 0 Å². The van der Waals surface area contributed by atoms with E-state index in [1.807, 2.05) is 19.1 Å². The van der Waals surface area contributed by atoms with Gasteiger partial charge in [-0.25, -0.2) is 0 Å². The fourth-order valence-electron chi connectivity index (χ4n) is 0.743. The summed E-state index contributed by atoms with van der Waals surface area (Å²) in [7, 11) is 0. The molecule has 0 fully saturated rings. The average Bonchev–Trinajstić information content (AvgIpc) is 2.14. The van der Waals surface area contributed by atoms with E-state index >= 15 is 0 Å². The highest BCUT2D eigenvalue weighted by molar-refractivity contribution is 5.27. The van der Waals surface area contributed by atoms with Crippen molar-refractivity contribution < 1.29 is 9.47 Å². The fourth-order valence-corrected chi connectivity index (χ4v) is 0.743. The first kappa shape index (κ1) is 7.22. The predicted octanol–water partition coefficient (Wildman–Crippen LogP) is 2.33. The summed E-state index contributed by atoms with van der Waals surface area (Å²) < 4.78 is 11.6. The Bertz CT molecular complexity index is 191. The second kappa shape index (κ2) is 3.32. The molecule has 0 radical (unpaired) electrons. The average molecular weight is 140 g/mol. The van der Waals surface area contributed by atoms with E-state index in [4.69, 9.17) is 0 Å². The summed E-state index contributed by atoms with van der Waals surface area (Å²) in [5, 5.41) is 0. The monoisotopic (exact) mass is 140 g/mol. The lowest BCUT2D eigenvalue weighted by Gasteiger charge is -1.95. The van der Waals surface area contributed by atoms with E-state index in [-0.39, 0.29) is 0 Å². The Labute approximate surface area is 59.4 Å². The Morgan fingerprint density at radius 2 is 2.30 bits per heavy atom. The standard InChI is InChI=1S/C8H9FO/c1-7-3-2-4-8(10-9)6-5-7/h2-6,8H,1H3. The molecule has 0 heterocycles. The van der Waals surface area contributed by atoms with Gasteiger partial charge in [-0.15, -0.1) is 0 Å². The Morgan fingerprint density at radius 1 is 1.50 bits per heavy atom. The molecule has 0 saturated carbocycles. The van der Waals surface area contributed by atoms with Crippen LogP contribution in [0.1, 0.15) is 6.92 Å². The van der Waals surface area contributed by atoms with E-state index in [2.05, 4.69) is 4.94 Å². The van der Waals surface area contributed by atoms with Crippen LogP contribution < -0.4 is 0 Å². The van der Waals surface area contributed by atoms with Crippen molar-refractivity contribution in [2.75, 3.05) is 0 Å². The minimum Gasteiger partial charge on any atom is -0.182 e. The number of halogens is 1. The number of hydrogen-bond donors (Lipinski definition) is 0. The number of allylic oxidation sites excluding steroid dienone is 4. The smallest absolute Gasteiger partial charge is 0.135 e. The van der Waals surface area contributed by atoms with E-state index < -0.39 is 6.10 Å². The van der Waals surface area contributed by atoms with Crippen LogP contribution in [0.2, 0.25) is 0 Å². The molecule has 10 heavy (non-hydrogen) atoms. The van der Waals surface area contributed by atoms with Crippen molar-refractivity contribution >= 4 is 0 Å². The van der Waals surface area contributed by atoms with Crippen LogP contribution in [-0.2, 0) is 4.94 Å². The van der Waals surface area contributed by atoms with Gasteiger partial charge >= 0.3 is 0 Å². The predicted molar refractivity (Wildman–Crippen MR) is 38.0 cm³/mol. The molecule has 1 unspecified atom stereocenters.